The van der Waals surface area contributed by atoms with E-state index in [1.165, 1.54) is 6.08 Å². The molecule has 1 aromatic rings. The molecule has 0 saturated heterocycles. The Morgan fingerprint density at radius 3 is 2.81 bits per heavy atom. The minimum atomic E-state index is -0.0317. The van der Waals surface area contributed by atoms with E-state index in [0.29, 0.717) is 5.69 Å². The van der Waals surface area contributed by atoms with Crippen LogP contribution in [0.15, 0.2) is 34.3 Å². The molecule has 16 heavy (non-hydrogen) atoms. The molecule has 1 rings (SSSR count). The minimum Gasteiger partial charge on any atom is -0.211 e. The van der Waals surface area contributed by atoms with E-state index in [1.54, 1.807) is 12.1 Å². The zero-order valence-corrected chi connectivity index (χ0v) is 9.01. The van der Waals surface area contributed by atoms with Crippen LogP contribution in [0.4, 0.5) is 5.69 Å². The van der Waals surface area contributed by atoms with Crippen LogP contribution in [0.25, 0.3) is 0 Å². The van der Waals surface area contributed by atoms with Gasteiger partial charge in [0.05, 0.1) is 11.7 Å². The van der Waals surface area contributed by atoms with Crippen molar-refractivity contribution in [2.45, 2.75) is 25.8 Å². The highest BCUT2D eigenvalue weighted by Crippen LogP contribution is 2.15. The summed E-state index contributed by atoms with van der Waals surface area (Å²) in [4.78, 5) is 27.2. The number of hydrogen-bond acceptors (Lipinski definition) is 4. The standard InChI is InChI=1S/C12H12N2O2/c1-10(13-8-15)5-6-11-3-2-4-12(7-11)14-9-16/h2-4,7,10H,5-6H2,1H3. The molecule has 0 aromatic heterocycles. The van der Waals surface area contributed by atoms with E-state index in [4.69, 9.17) is 0 Å². The number of aliphatic imine (C=N–C) groups is 2. The van der Waals surface area contributed by atoms with E-state index in [2.05, 4.69) is 9.98 Å². The molecule has 1 atom stereocenters. The van der Waals surface area contributed by atoms with Crippen LogP contribution < -0.4 is 0 Å². The third-order valence-electron chi connectivity index (χ3n) is 2.21. The van der Waals surface area contributed by atoms with Crippen LogP contribution in [0.5, 0.6) is 0 Å². The van der Waals surface area contributed by atoms with Crippen LogP contribution >= 0.6 is 0 Å². The lowest BCUT2D eigenvalue weighted by Gasteiger charge is -2.04. The summed E-state index contributed by atoms with van der Waals surface area (Å²) in [5.74, 6) is 0. The van der Waals surface area contributed by atoms with Gasteiger partial charge in [-0.25, -0.2) is 14.6 Å². The fourth-order valence-electron chi connectivity index (χ4n) is 1.36. The molecule has 0 spiro atoms. The van der Waals surface area contributed by atoms with Gasteiger partial charge in [0.2, 0.25) is 12.2 Å². The van der Waals surface area contributed by atoms with Crippen LogP contribution in [-0.4, -0.2) is 18.2 Å². The van der Waals surface area contributed by atoms with Crippen LogP contribution in [0.3, 0.4) is 0 Å². The summed E-state index contributed by atoms with van der Waals surface area (Å²) in [6, 6.07) is 7.31. The molecule has 0 radical (unpaired) electrons. The molecule has 1 aromatic carbocycles. The quantitative estimate of drug-likeness (QED) is 0.560. The Morgan fingerprint density at radius 1 is 1.31 bits per heavy atom. The molecule has 4 nitrogen and oxygen atoms in total. The summed E-state index contributed by atoms with van der Waals surface area (Å²) in [7, 11) is 0. The van der Waals surface area contributed by atoms with Gasteiger partial charge >= 0.3 is 0 Å². The molecule has 0 saturated carbocycles. The molecular formula is C12H12N2O2. The monoisotopic (exact) mass is 216 g/mol. The van der Waals surface area contributed by atoms with Gasteiger partial charge in [-0.05, 0) is 37.5 Å². The number of nitrogens with zero attached hydrogens (tertiary/aromatic N) is 2. The van der Waals surface area contributed by atoms with Crippen LogP contribution in [0, 0.1) is 0 Å². The molecule has 82 valence electrons. The Balaban J connectivity index is 2.63. The van der Waals surface area contributed by atoms with Gasteiger partial charge in [-0.2, -0.15) is 4.99 Å². The van der Waals surface area contributed by atoms with Gasteiger partial charge in [-0.15, -0.1) is 0 Å². The van der Waals surface area contributed by atoms with Gasteiger partial charge < -0.3 is 0 Å². The number of carbonyl (C=O) groups excluding carboxylic acids is 2. The highest BCUT2D eigenvalue weighted by atomic mass is 16.1. The summed E-state index contributed by atoms with van der Waals surface area (Å²) in [6.45, 7) is 1.86. The normalized spacial score (nSPS) is 11.1. The zero-order valence-electron chi connectivity index (χ0n) is 9.01. The molecule has 0 bridgehead atoms. The van der Waals surface area contributed by atoms with E-state index in [0.717, 1.165) is 18.4 Å². The van der Waals surface area contributed by atoms with E-state index in [1.807, 2.05) is 25.1 Å². The molecule has 1 unspecified atom stereocenters. The van der Waals surface area contributed by atoms with E-state index < -0.39 is 0 Å². The number of benzene rings is 1. The molecule has 0 aliphatic carbocycles. The highest BCUT2D eigenvalue weighted by molar-refractivity contribution is 5.49. The number of aryl methyl sites for hydroxylation is 1. The van der Waals surface area contributed by atoms with Crippen molar-refractivity contribution in [3.8, 4) is 0 Å². The largest absolute Gasteiger partial charge is 0.240 e. The maximum absolute atomic E-state index is 10.1. The Hall–Kier alpha value is -2.02. The summed E-state index contributed by atoms with van der Waals surface area (Å²) in [6.07, 6.45) is 4.60. The van der Waals surface area contributed by atoms with Gasteiger partial charge in [0, 0.05) is 0 Å². The van der Waals surface area contributed by atoms with Gasteiger partial charge in [0.15, 0.2) is 0 Å². The van der Waals surface area contributed by atoms with Crippen molar-refractivity contribution < 1.29 is 9.59 Å². The molecule has 0 aliphatic heterocycles. The van der Waals surface area contributed by atoms with Crippen molar-refractivity contribution in [2.24, 2.45) is 9.98 Å². The molecule has 0 N–H and O–H groups in total. The van der Waals surface area contributed by atoms with E-state index in [9.17, 15) is 9.59 Å². The Kier molecular flexibility index (Phi) is 4.87. The second kappa shape index (κ2) is 6.46. The second-order valence-electron chi connectivity index (χ2n) is 3.48. The average molecular weight is 216 g/mol. The Labute approximate surface area is 93.7 Å². The summed E-state index contributed by atoms with van der Waals surface area (Å²) < 4.78 is 0. The van der Waals surface area contributed by atoms with Crippen molar-refractivity contribution in [3.05, 3.63) is 29.8 Å². The van der Waals surface area contributed by atoms with Crippen molar-refractivity contribution in [1.29, 1.82) is 0 Å². The SMILES string of the molecule is CC(CCc1cccc(N=C=O)c1)N=C=O. The van der Waals surface area contributed by atoms with Crippen molar-refractivity contribution in [3.63, 3.8) is 0 Å². The molecule has 0 aliphatic rings. The van der Waals surface area contributed by atoms with Crippen LogP contribution in [0.1, 0.15) is 18.9 Å². The first-order valence-electron chi connectivity index (χ1n) is 5.00. The third kappa shape index (κ3) is 4.01. The first kappa shape index (κ1) is 12.1. The minimum absolute atomic E-state index is 0.0317. The highest BCUT2D eigenvalue weighted by Gasteiger charge is 2.01. The predicted molar refractivity (Wildman–Crippen MR) is 60.1 cm³/mol. The van der Waals surface area contributed by atoms with E-state index >= 15 is 0 Å². The van der Waals surface area contributed by atoms with Crippen molar-refractivity contribution >= 4 is 17.8 Å². The van der Waals surface area contributed by atoms with Gasteiger partial charge in [-0.1, -0.05) is 12.1 Å². The first-order chi connectivity index (χ1) is 7.76. The maximum atomic E-state index is 10.1. The molecule has 4 heteroatoms. The summed E-state index contributed by atoms with van der Waals surface area (Å²) >= 11 is 0. The fraction of sp³-hybridized carbons (Fsp3) is 0.333. The average Bonchev–Trinajstić information content (AvgIpc) is 2.28. The molecule has 0 heterocycles. The van der Waals surface area contributed by atoms with E-state index in [-0.39, 0.29) is 6.04 Å². The maximum Gasteiger partial charge on any atom is 0.240 e. The topological polar surface area (TPSA) is 58.9 Å². The second-order valence-corrected chi connectivity index (χ2v) is 3.48. The molecule has 0 fully saturated rings. The summed E-state index contributed by atoms with van der Waals surface area (Å²) in [5, 5.41) is 0. The number of isocyanates is 2. The molecule has 0 amide bonds. The lowest BCUT2D eigenvalue weighted by atomic mass is 10.1. The number of hydrogen-bond donors (Lipinski definition) is 0. The summed E-state index contributed by atoms with van der Waals surface area (Å²) in [5.41, 5.74) is 1.66. The molecular weight excluding hydrogens is 204 g/mol. The number of rotatable bonds is 5. The smallest absolute Gasteiger partial charge is 0.211 e. The fourth-order valence-corrected chi connectivity index (χ4v) is 1.36. The van der Waals surface area contributed by atoms with Crippen LogP contribution in [0.2, 0.25) is 0 Å². The van der Waals surface area contributed by atoms with Gasteiger partial charge in [-0.3, -0.25) is 0 Å². The van der Waals surface area contributed by atoms with Crippen molar-refractivity contribution in [1.82, 2.24) is 0 Å². The Bertz CT molecular complexity index is 444. The van der Waals surface area contributed by atoms with Crippen molar-refractivity contribution in [2.75, 3.05) is 0 Å². The third-order valence-corrected chi connectivity index (χ3v) is 2.21. The van der Waals surface area contributed by atoms with Gasteiger partial charge in [0.25, 0.3) is 0 Å². The lowest BCUT2D eigenvalue weighted by molar-refractivity contribution is 0.555. The Morgan fingerprint density at radius 2 is 2.12 bits per heavy atom. The predicted octanol–water partition coefficient (Wildman–Crippen LogP) is 2.31. The lowest BCUT2D eigenvalue weighted by Crippen LogP contribution is -1.99. The van der Waals surface area contributed by atoms with Gasteiger partial charge in [0.1, 0.15) is 0 Å². The van der Waals surface area contributed by atoms with Crippen LogP contribution in [-0.2, 0) is 16.0 Å². The first-order valence-corrected chi connectivity index (χ1v) is 5.00. The zero-order chi connectivity index (χ0) is 11.8.